The third-order valence-corrected chi connectivity index (χ3v) is 2.24. The number of hydrogen-bond donors (Lipinski definition) is 2. The van der Waals surface area contributed by atoms with Gasteiger partial charge in [0.25, 0.3) is 0 Å². The lowest BCUT2D eigenvalue weighted by atomic mass is 10.1. The number of aliphatic hydroxyl groups is 1. The summed E-state index contributed by atoms with van der Waals surface area (Å²) in [5, 5.41) is 8.74. The Bertz CT molecular complexity index is 75.0. The zero-order valence-corrected chi connectivity index (χ0v) is 5.71. The van der Waals surface area contributed by atoms with Gasteiger partial charge in [-0.15, -0.1) is 0 Å². The molecule has 1 aliphatic carbocycles. The Morgan fingerprint density at radius 3 is 2.33 bits per heavy atom. The van der Waals surface area contributed by atoms with Crippen molar-refractivity contribution in [1.82, 2.24) is 0 Å². The van der Waals surface area contributed by atoms with Crippen LogP contribution in [0.1, 0.15) is 19.3 Å². The highest BCUT2D eigenvalue weighted by molar-refractivity contribution is 4.74. The van der Waals surface area contributed by atoms with Crippen LogP contribution in [-0.4, -0.2) is 18.3 Å². The van der Waals surface area contributed by atoms with Gasteiger partial charge in [0.15, 0.2) is 0 Å². The third kappa shape index (κ3) is 1.66. The summed E-state index contributed by atoms with van der Waals surface area (Å²) in [6.07, 6.45) is 3.55. The molecule has 0 aromatic rings. The second kappa shape index (κ2) is 3.18. The normalized spacial score (nSPS) is 35.3. The number of rotatable bonds is 2. The Labute approximate surface area is 56.1 Å². The molecular formula is C7H15NO. The van der Waals surface area contributed by atoms with E-state index in [1.807, 2.05) is 0 Å². The second-order valence-electron chi connectivity index (χ2n) is 2.96. The van der Waals surface area contributed by atoms with Crippen LogP contribution in [0.25, 0.3) is 0 Å². The lowest BCUT2D eigenvalue weighted by Gasteiger charge is -2.04. The van der Waals surface area contributed by atoms with Crippen molar-refractivity contribution in [3.05, 3.63) is 0 Å². The van der Waals surface area contributed by atoms with Crippen LogP contribution >= 0.6 is 0 Å². The van der Waals surface area contributed by atoms with Crippen LogP contribution in [0.15, 0.2) is 0 Å². The summed E-state index contributed by atoms with van der Waals surface area (Å²) in [7, 11) is 0. The van der Waals surface area contributed by atoms with Crippen molar-refractivity contribution in [3.8, 4) is 0 Å². The van der Waals surface area contributed by atoms with E-state index in [9.17, 15) is 0 Å². The second-order valence-corrected chi connectivity index (χ2v) is 2.96. The van der Waals surface area contributed by atoms with Crippen molar-refractivity contribution in [2.24, 2.45) is 17.6 Å². The highest BCUT2D eigenvalue weighted by Gasteiger charge is 2.22. The zero-order chi connectivity index (χ0) is 6.69. The Kier molecular flexibility index (Phi) is 2.49. The minimum atomic E-state index is 0.358. The highest BCUT2D eigenvalue weighted by Crippen LogP contribution is 2.29. The van der Waals surface area contributed by atoms with Gasteiger partial charge in [-0.3, -0.25) is 0 Å². The molecule has 2 atom stereocenters. The molecule has 2 heteroatoms. The van der Waals surface area contributed by atoms with Crippen molar-refractivity contribution in [3.63, 3.8) is 0 Å². The summed E-state index contributed by atoms with van der Waals surface area (Å²) < 4.78 is 0. The molecule has 0 aromatic heterocycles. The molecule has 2 unspecified atom stereocenters. The predicted octanol–water partition coefficient (Wildman–Crippen LogP) is 0.354. The molecule has 0 bridgehead atoms. The number of aliphatic hydroxyl groups excluding tert-OH is 1. The van der Waals surface area contributed by atoms with Crippen LogP contribution in [0.3, 0.4) is 0 Å². The molecule has 2 nitrogen and oxygen atoms in total. The van der Waals surface area contributed by atoms with E-state index in [1.54, 1.807) is 0 Å². The fourth-order valence-corrected chi connectivity index (χ4v) is 1.56. The maximum atomic E-state index is 8.74. The Morgan fingerprint density at radius 2 is 2.00 bits per heavy atom. The maximum absolute atomic E-state index is 8.74. The van der Waals surface area contributed by atoms with Gasteiger partial charge in [-0.25, -0.2) is 0 Å². The molecule has 9 heavy (non-hydrogen) atoms. The molecular weight excluding hydrogens is 114 g/mol. The van der Waals surface area contributed by atoms with Crippen molar-refractivity contribution < 1.29 is 5.11 Å². The lowest BCUT2D eigenvalue weighted by molar-refractivity contribution is 0.226. The van der Waals surface area contributed by atoms with E-state index >= 15 is 0 Å². The summed E-state index contributed by atoms with van der Waals surface area (Å²) in [5.74, 6) is 1.25. The first-order chi connectivity index (χ1) is 4.36. The Hall–Kier alpha value is -0.0800. The Morgan fingerprint density at radius 1 is 1.33 bits per heavy atom. The van der Waals surface area contributed by atoms with Gasteiger partial charge in [-0.1, -0.05) is 0 Å². The van der Waals surface area contributed by atoms with Crippen LogP contribution in [0.5, 0.6) is 0 Å². The van der Waals surface area contributed by atoms with Crippen molar-refractivity contribution >= 4 is 0 Å². The topological polar surface area (TPSA) is 46.2 Å². The van der Waals surface area contributed by atoms with Gasteiger partial charge in [0.1, 0.15) is 0 Å². The predicted molar refractivity (Wildman–Crippen MR) is 37.0 cm³/mol. The van der Waals surface area contributed by atoms with E-state index in [-0.39, 0.29) is 0 Å². The SMILES string of the molecule is NCC1CCC(CO)C1. The fourth-order valence-electron chi connectivity index (χ4n) is 1.56. The maximum Gasteiger partial charge on any atom is 0.0459 e. The van der Waals surface area contributed by atoms with Crippen molar-refractivity contribution in [2.45, 2.75) is 19.3 Å². The van der Waals surface area contributed by atoms with E-state index in [0.29, 0.717) is 18.4 Å². The van der Waals surface area contributed by atoms with Gasteiger partial charge in [-0.05, 0) is 37.6 Å². The summed E-state index contributed by atoms with van der Waals surface area (Å²) in [5.41, 5.74) is 5.47. The van der Waals surface area contributed by atoms with Crippen LogP contribution < -0.4 is 5.73 Å². The molecule has 0 heterocycles. The van der Waals surface area contributed by atoms with Crippen LogP contribution in [0, 0.1) is 11.8 Å². The standard InChI is InChI=1S/C7H15NO/c8-4-6-1-2-7(3-6)5-9/h6-7,9H,1-5,8H2. The Balaban J connectivity index is 2.20. The summed E-state index contributed by atoms with van der Waals surface area (Å²) in [4.78, 5) is 0. The smallest absolute Gasteiger partial charge is 0.0459 e. The van der Waals surface area contributed by atoms with Gasteiger partial charge in [0.2, 0.25) is 0 Å². The average molecular weight is 129 g/mol. The van der Waals surface area contributed by atoms with Gasteiger partial charge >= 0.3 is 0 Å². The largest absolute Gasteiger partial charge is 0.396 e. The van der Waals surface area contributed by atoms with E-state index in [4.69, 9.17) is 10.8 Å². The molecule has 0 saturated heterocycles. The van der Waals surface area contributed by atoms with Gasteiger partial charge in [0, 0.05) is 6.61 Å². The average Bonchev–Trinajstić information content (AvgIpc) is 2.34. The zero-order valence-electron chi connectivity index (χ0n) is 5.71. The molecule has 1 aliphatic rings. The van der Waals surface area contributed by atoms with E-state index in [1.165, 1.54) is 12.8 Å². The van der Waals surface area contributed by atoms with Crippen molar-refractivity contribution in [1.29, 1.82) is 0 Å². The van der Waals surface area contributed by atoms with Crippen molar-refractivity contribution in [2.75, 3.05) is 13.2 Å². The molecule has 3 N–H and O–H groups in total. The van der Waals surface area contributed by atoms with Crippen LogP contribution in [0.4, 0.5) is 0 Å². The van der Waals surface area contributed by atoms with E-state index in [2.05, 4.69) is 0 Å². The minimum absolute atomic E-state index is 0.358. The molecule has 0 spiro atoms. The van der Waals surface area contributed by atoms with Gasteiger partial charge in [0.05, 0.1) is 0 Å². The molecule has 0 aromatic carbocycles. The van der Waals surface area contributed by atoms with E-state index < -0.39 is 0 Å². The summed E-state index contributed by atoms with van der Waals surface area (Å²) >= 11 is 0. The lowest BCUT2D eigenvalue weighted by Crippen LogP contribution is -2.11. The first-order valence-corrected chi connectivity index (χ1v) is 3.67. The number of nitrogens with two attached hydrogens (primary N) is 1. The monoisotopic (exact) mass is 129 g/mol. The molecule has 0 radical (unpaired) electrons. The summed E-state index contributed by atoms with van der Waals surface area (Å²) in [6, 6.07) is 0. The van der Waals surface area contributed by atoms with Crippen LogP contribution in [0.2, 0.25) is 0 Å². The highest BCUT2D eigenvalue weighted by atomic mass is 16.3. The molecule has 1 rings (SSSR count). The van der Waals surface area contributed by atoms with Gasteiger partial charge < -0.3 is 10.8 Å². The number of hydrogen-bond acceptors (Lipinski definition) is 2. The van der Waals surface area contributed by atoms with Crippen LogP contribution in [-0.2, 0) is 0 Å². The van der Waals surface area contributed by atoms with Gasteiger partial charge in [-0.2, -0.15) is 0 Å². The first kappa shape index (κ1) is 7.03. The first-order valence-electron chi connectivity index (χ1n) is 3.67. The fraction of sp³-hybridized carbons (Fsp3) is 1.00. The third-order valence-electron chi connectivity index (χ3n) is 2.24. The molecule has 54 valence electrons. The summed E-state index contributed by atoms with van der Waals surface area (Å²) in [6.45, 7) is 1.16. The molecule has 0 aliphatic heterocycles. The van der Waals surface area contributed by atoms with E-state index in [0.717, 1.165) is 13.0 Å². The molecule has 1 fully saturated rings. The molecule has 1 saturated carbocycles. The quantitative estimate of drug-likeness (QED) is 0.565. The minimum Gasteiger partial charge on any atom is -0.396 e. The molecule has 0 amide bonds.